The van der Waals surface area contributed by atoms with Crippen LogP contribution in [-0.4, -0.2) is 40.7 Å². The topological polar surface area (TPSA) is 76.8 Å². The molecule has 1 aromatic heterocycles. The van der Waals surface area contributed by atoms with Crippen LogP contribution in [0.15, 0.2) is 34.7 Å². The van der Waals surface area contributed by atoms with E-state index >= 15 is 0 Å². The maximum absolute atomic E-state index is 12.4. The molecule has 1 aromatic carbocycles. The van der Waals surface area contributed by atoms with Crippen molar-refractivity contribution in [3.05, 3.63) is 53.0 Å². The van der Waals surface area contributed by atoms with E-state index in [1.54, 1.807) is 25.2 Å². The van der Waals surface area contributed by atoms with E-state index in [2.05, 4.69) is 0 Å². The average Bonchev–Trinajstić information content (AvgIpc) is 2.99. The third kappa shape index (κ3) is 5.29. The van der Waals surface area contributed by atoms with Gasteiger partial charge in [-0.25, -0.2) is 0 Å². The van der Waals surface area contributed by atoms with E-state index in [9.17, 15) is 13.8 Å². The van der Waals surface area contributed by atoms with E-state index in [0.29, 0.717) is 29.2 Å². The highest BCUT2D eigenvalue weighted by Crippen LogP contribution is 2.22. The molecule has 0 aliphatic rings. The number of benzene rings is 1. The molecule has 6 nitrogen and oxygen atoms in total. The van der Waals surface area contributed by atoms with Gasteiger partial charge in [0.2, 0.25) is 5.91 Å². The molecule has 0 fully saturated rings. The number of methoxy groups -OCH3 is 1. The van der Waals surface area contributed by atoms with E-state index in [0.717, 1.165) is 5.76 Å². The summed E-state index contributed by atoms with van der Waals surface area (Å²) in [6.45, 7) is 3.63. The van der Waals surface area contributed by atoms with Crippen LogP contribution in [0.4, 0.5) is 0 Å². The summed E-state index contributed by atoms with van der Waals surface area (Å²) in [6.07, 6.45) is 0. The lowest BCUT2D eigenvalue weighted by Gasteiger charge is -2.16. The van der Waals surface area contributed by atoms with E-state index in [-0.39, 0.29) is 23.2 Å². The maximum Gasteiger partial charge on any atom is 0.235 e. The Balaban J connectivity index is 2.00. The highest BCUT2D eigenvalue weighted by molar-refractivity contribution is 7.84. The molecule has 0 unspecified atom stereocenters. The fourth-order valence-corrected chi connectivity index (χ4v) is 3.65. The second-order valence-electron chi connectivity index (χ2n) is 6.07. The molecule has 7 heteroatoms. The van der Waals surface area contributed by atoms with Gasteiger partial charge in [0.15, 0.2) is 5.78 Å². The first-order valence-electron chi connectivity index (χ1n) is 8.12. The van der Waals surface area contributed by atoms with Gasteiger partial charge >= 0.3 is 0 Å². The third-order valence-electron chi connectivity index (χ3n) is 3.90. The number of rotatable bonds is 8. The number of amides is 1. The number of hydrogen-bond donors (Lipinski definition) is 0. The molecule has 0 spiro atoms. The fraction of sp³-hybridized carbons (Fsp3) is 0.368. The molecule has 1 atom stereocenters. The minimum absolute atomic E-state index is 0.0794. The van der Waals surface area contributed by atoms with Crippen LogP contribution in [0, 0.1) is 6.92 Å². The highest BCUT2D eigenvalue weighted by atomic mass is 32.2. The van der Waals surface area contributed by atoms with Gasteiger partial charge in [0.05, 0.1) is 19.4 Å². The summed E-state index contributed by atoms with van der Waals surface area (Å²) in [5.74, 6) is 1.73. The quantitative estimate of drug-likeness (QED) is 0.661. The van der Waals surface area contributed by atoms with Gasteiger partial charge in [-0.05, 0) is 44.2 Å². The number of carbonyl (C=O) groups is 2. The van der Waals surface area contributed by atoms with Crippen molar-refractivity contribution in [2.45, 2.75) is 26.1 Å². The minimum Gasteiger partial charge on any atom is -0.496 e. The second kappa shape index (κ2) is 8.80. The van der Waals surface area contributed by atoms with Crippen molar-refractivity contribution < 1.29 is 23.0 Å². The summed E-state index contributed by atoms with van der Waals surface area (Å²) in [7, 11) is 1.74. The number of furan rings is 1. The van der Waals surface area contributed by atoms with Crippen LogP contribution in [0.1, 0.15) is 34.4 Å². The largest absolute Gasteiger partial charge is 0.496 e. The molecular formula is C19H23NO5S. The third-order valence-corrected chi connectivity index (χ3v) is 5.10. The predicted octanol–water partition coefficient (Wildman–Crippen LogP) is 2.71. The van der Waals surface area contributed by atoms with Crippen molar-refractivity contribution >= 4 is 22.5 Å². The van der Waals surface area contributed by atoms with Gasteiger partial charge < -0.3 is 14.1 Å². The lowest BCUT2D eigenvalue weighted by Crippen LogP contribution is -2.30. The average molecular weight is 377 g/mol. The number of carbonyl (C=O) groups excluding carboxylic acids is 2. The van der Waals surface area contributed by atoms with Crippen LogP contribution >= 0.6 is 0 Å². The van der Waals surface area contributed by atoms with Gasteiger partial charge in [0, 0.05) is 29.0 Å². The molecule has 140 valence electrons. The Morgan fingerprint density at radius 3 is 2.54 bits per heavy atom. The second-order valence-corrected chi connectivity index (χ2v) is 7.53. The van der Waals surface area contributed by atoms with Gasteiger partial charge in [0.1, 0.15) is 23.0 Å². The van der Waals surface area contributed by atoms with E-state index in [1.807, 2.05) is 19.1 Å². The molecule has 0 saturated carbocycles. The molecule has 0 aliphatic carbocycles. The van der Waals surface area contributed by atoms with Crippen molar-refractivity contribution in [3.8, 4) is 5.75 Å². The standard InChI is InChI=1S/C19H23NO5S/c1-13-5-7-17(25-13)10-20(3)19(22)12-26(23)11-16-9-15(14(2)21)6-8-18(16)24-4/h5-9H,10-12H2,1-4H3/t26-/m0/s1. The smallest absolute Gasteiger partial charge is 0.235 e. The van der Waals surface area contributed by atoms with Crippen molar-refractivity contribution in [1.29, 1.82) is 0 Å². The molecule has 0 aliphatic heterocycles. The normalized spacial score (nSPS) is 11.8. The monoisotopic (exact) mass is 377 g/mol. The highest BCUT2D eigenvalue weighted by Gasteiger charge is 2.17. The summed E-state index contributed by atoms with van der Waals surface area (Å²) in [5.41, 5.74) is 1.17. The first-order chi connectivity index (χ1) is 12.3. The van der Waals surface area contributed by atoms with Gasteiger partial charge in [-0.1, -0.05) is 0 Å². The summed E-state index contributed by atoms with van der Waals surface area (Å²) < 4.78 is 23.1. The molecular weight excluding hydrogens is 354 g/mol. The zero-order valence-electron chi connectivity index (χ0n) is 15.4. The first-order valence-corrected chi connectivity index (χ1v) is 9.61. The number of aryl methyl sites for hydroxylation is 1. The Bertz CT molecular complexity index is 827. The predicted molar refractivity (Wildman–Crippen MR) is 99.6 cm³/mol. The van der Waals surface area contributed by atoms with E-state index in [4.69, 9.17) is 9.15 Å². The Morgan fingerprint density at radius 2 is 1.96 bits per heavy atom. The van der Waals surface area contributed by atoms with Crippen LogP contribution in [0.2, 0.25) is 0 Å². The van der Waals surface area contributed by atoms with Crippen molar-refractivity contribution in [1.82, 2.24) is 4.90 Å². The van der Waals surface area contributed by atoms with Gasteiger partial charge in [-0.15, -0.1) is 0 Å². The molecule has 0 bridgehead atoms. The van der Waals surface area contributed by atoms with Crippen LogP contribution in [0.25, 0.3) is 0 Å². The van der Waals surface area contributed by atoms with Crippen molar-refractivity contribution in [3.63, 3.8) is 0 Å². The Labute approximate surface area is 155 Å². The molecule has 1 amide bonds. The zero-order chi connectivity index (χ0) is 19.3. The molecule has 0 N–H and O–H groups in total. The van der Waals surface area contributed by atoms with E-state index < -0.39 is 10.8 Å². The summed E-state index contributed by atoms with van der Waals surface area (Å²) in [6, 6.07) is 8.65. The van der Waals surface area contributed by atoms with Crippen molar-refractivity contribution in [2.24, 2.45) is 0 Å². The molecule has 0 radical (unpaired) electrons. The number of ketones is 1. The summed E-state index contributed by atoms with van der Waals surface area (Å²) in [5, 5.41) is 0. The van der Waals surface area contributed by atoms with Gasteiger partial charge in [-0.2, -0.15) is 0 Å². The van der Waals surface area contributed by atoms with Gasteiger partial charge in [-0.3, -0.25) is 13.8 Å². The Kier molecular flexibility index (Phi) is 6.74. The van der Waals surface area contributed by atoms with Crippen LogP contribution in [-0.2, 0) is 27.9 Å². The molecule has 2 aromatic rings. The zero-order valence-corrected chi connectivity index (χ0v) is 16.2. The maximum atomic E-state index is 12.4. The lowest BCUT2D eigenvalue weighted by molar-refractivity contribution is -0.127. The molecule has 0 saturated heterocycles. The van der Waals surface area contributed by atoms with Crippen molar-refractivity contribution in [2.75, 3.05) is 19.9 Å². The van der Waals surface area contributed by atoms with E-state index in [1.165, 1.54) is 18.9 Å². The van der Waals surface area contributed by atoms with Crippen LogP contribution in [0.5, 0.6) is 5.75 Å². The number of Topliss-reactive ketones (excluding diaryl/α,β-unsaturated/α-hetero) is 1. The molecule has 1 heterocycles. The lowest BCUT2D eigenvalue weighted by atomic mass is 10.1. The fourth-order valence-electron chi connectivity index (χ4n) is 2.47. The Morgan fingerprint density at radius 1 is 1.23 bits per heavy atom. The molecule has 2 rings (SSSR count). The van der Waals surface area contributed by atoms with Crippen LogP contribution in [0.3, 0.4) is 0 Å². The van der Waals surface area contributed by atoms with Gasteiger partial charge in [0.25, 0.3) is 0 Å². The SMILES string of the molecule is COc1ccc(C(C)=O)cc1C[S@](=O)CC(=O)N(C)Cc1ccc(C)o1. The summed E-state index contributed by atoms with van der Waals surface area (Å²) in [4.78, 5) is 25.3. The summed E-state index contributed by atoms with van der Waals surface area (Å²) >= 11 is 0. The number of nitrogens with zero attached hydrogens (tertiary/aromatic N) is 1. The minimum atomic E-state index is -1.42. The number of ether oxygens (including phenoxy) is 1. The molecule has 26 heavy (non-hydrogen) atoms. The Hall–Kier alpha value is -2.41. The number of hydrogen-bond acceptors (Lipinski definition) is 5. The first kappa shape index (κ1) is 19.9. The van der Waals surface area contributed by atoms with Crippen LogP contribution < -0.4 is 4.74 Å².